The van der Waals surface area contributed by atoms with Gasteiger partial charge >= 0.3 is 6.03 Å². The average Bonchev–Trinajstić information content (AvgIpc) is 2.92. The summed E-state index contributed by atoms with van der Waals surface area (Å²) >= 11 is 0. The van der Waals surface area contributed by atoms with E-state index in [2.05, 4.69) is 20.5 Å². The second kappa shape index (κ2) is 4.56. The highest BCUT2D eigenvalue weighted by Gasteiger charge is 2.35. The number of para-hydroxylation sites is 1. The van der Waals surface area contributed by atoms with Crippen LogP contribution in [0.3, 0.4) is 0 Å². The van der Waals surface area contributed by atoms with E-state index in [1.54, 1.807) is 0 Å². The van der Waals surface area contributed by atoms with Gasteiger partial charge in [0.25, 0.3) is 0 Å². The van der Waals surface area contributed by atoms with Crippen molar-refractivity contribution in [1.29, 1.82) is 0 Å². The lowest BCUT2D eigenvalue weighted by Gasteiger charge is -2.44. The van der Waals surface area contributed by atoms with E-state index in [-0.39, 0.29) is 12.1 Å². The van der Waals surface area contributed by atoms with Crippen LogP contribution >= 0.6 is 0 Å². The zero-order valence-corrected chi connectivity index (χ0v) is 11.2. The van der Waals surface area contributed by atoms with Crippen LogP contribution in [0.1, 0.15) is 12.8 Å². The van der Waals surface area contributed by atoms with Gasteiger partial charge in [-0.25, -0.2) is 4.79 Å². The number of piperidine rings is 3. The van der Waals surface area contributed by atoms with Crippen LogP contribution in [0.4, 0.5) is 4.79 Å². The lowest BCUT2D eigenvalue weighted by atomic mass is 9.84. The van der Waals surface area contributed by atoms with Crippen LogP contribution in [-0.2, 0) is 0 Å². The van der Waals surface area contributed by atoms with Gasteiger partial charge in [-0.2, -0.15) is 4.68 Å². The molecular weight excluding hydrogens is 254 g/mol. The number of rotatable bonds is 1. The Balaban J connectivity index is 1.56. The van der Waals surface area contributed by atoms with E-state index in [1.165, 1.54) is 30.6 Å². The second-order valence-electron chi connectivity index (χ2n) is 5.68. The monoisotopic (exact) mass is 271 g/mol. The Bertz CT molecular complexity index is 644. The number of nitrogens with one attached hydrogen (secondary N) is 1. The summed E-state index contributed by atoms with van der Waals surface area (Å²) in [5.41, 5.74) is 1.50. The minimum Gasteiger partial charge on any atom is -0.332 e. The molecule has 1 atom stereocenters. The number of fused-ring (bicyclic) bond motifs is 4. The SMILES string of the molecule is O=C(N[C@H]1CN2CCC1CC2)n1nnc2ccccc21. The summed E-state index contributed by atoms with van der Waals surface area (Å²) in [5, 5.41) is 11.1. The largest absolute Gasteiger partial charge is 0.344 e. The van der Waals surface area contributed by atoms with E-state index in [9.17, 15) is 4.79 Å². The molecule has 0 aliphatic carbocycles. The van der Waals surface area contributed by atoms with Gasteiger partial charge in [0.15, 0.2) is 0 Å². The van der Waals surface area contributed by atoms with Crippen LogP contribution < -0.4 is 5.32 Å². The van der Waals surface area contributed by atoms with E-state index in [4.69, 9.17) is 0 Å². The lowest BCUT2D eigenvalue weighted by Crippen LogP contribution is -2.57. The Morgan fingerprint density at radius 3 is 2.80 bits per heavy atom. The normalized spacial score (nSPS) is 28.7. The van der Waals surface area contributed by atoms with Crippen molar-refractivity contribution >= 4 is 17.1 Å². The van der Waals surface area contributed by atoms with Gasteiger partial charge in [0.1, 0.15) is 5.52 Å². The molecule has 0 spiro atoms. The summed E-state index contributed by atoms with van der Waals surface area (Å²) in [6, 6.07) is 7.59. The zero-order chi connectivity index (χ0) is 13.5. The smallest absolute Gasteiger partial charge is 0.332 e. The first kappa shape index (κ1) is 11.8. The highest BCUT2D eigenvalue weighted by atomic mass is 16.2. The molecule has 1 amide bonds. The Labute approximate surface area is 116 Å². The Hall–Kier alpha value is -1.95. The van der Waals surface area contributed by atoms with Crippen LogP contribution in [0.5, 0.6) is 0 Å². The third-order valence-electron chi connectivity index (χ3n) is 4.51. The molecule has 104 valence electrons. The molecule has 0 radical (unpaired) electrons. The molecular formula is C14H17N5O. The van der Waals surface area contributed by atoms with Crippen molar-refractivity contribution in [1.82, 2.24) is 25.2 Å². The highest BCUT2D eigenvalue weighted by molar-refractivity contribution is 5.87. The Morgan fingerprint density at radius 1 is 1.25 bits per heavy atom. The molecule has 6 heteroatoms. The first-order chi connectivity index (χ1) is 9.81. The van der Waals surface area contributed by atoms with Gasteiger partial charge in [0.2, 0.25) is 0 Å². The minimum absolute atomic E-state index is 0.169. The van der Waals surface area contributed by atoms with E-state index < -0.39 is 0 Å². The molecule has 3 fully saturated rings. The predicted octanol–water partition coefficient (Wildman–Crippen LogP) is 1.08. The molecule has 3 aliphatic rings. The molecule has 1 N–H and O–H groups in total. The highest BCUT2D eigenvalue weighted by Crippen LogP contribution is 2.27. The number of carbonyl (C=O) groups is 1. The predicted molar refractivity (Wildman–Crippen MR) is 74.4 cm³/mol. The molecule has 2 aromatic rings. The number of carbonyl (C=O) groups excluding carboxylic acids is 1. The maximum absolute atomic E-state index is 12.4. The van der Waals surface area contributed by atoms with Gasteiger partial charge in [-0.05, 0) is 44.0 Å². The maximum Gasteiger partial charge on any atom is 0.344 e. The minimum atomic E-state index is -0.169. The van der Waals surface area contributed by atoms with Crippen molar-refractivity contribution in [2.75, 3.05) is 19.6 Å². The summed E-state index contributed by atoms with van der Waals surface area (Å²) < 4.78 is 1.37. The molecule has 2 bridgehead atoms. The number of hydrogen-bond acceptors (Lipinski definition) is 4. The van der Waals surface area contributed by atoms with E-state index in [1.807, 2.05) is 24.3 Å². The second-order valence-corrected chi connectivity index (χ2v) is 5.68. The summed E-state index contributed by atoms with van der Waals surface area (Å²) in [6.07, 6.45) is 2.37. The summed E-state index contributed by atoms with van der Waals surface area (Å²) in [4.78, 5) is 14.8. The standard InChI is InChI=1S/C14H17N5O/c20-14(15-12-9-18-7-5-10(12)6-8-18)19-13-4-2-1-3-11(13)16-17-19/h1-4,10,12H,5-9H2,(H,15,20)/t12-/m0/s1. The van der Waals surface area contributed by atoms with Gasteiger partial charge in [-0.1, -0.05) is 17.3 Å². The number of nitrogens with zero attached hydrogens (tertiary/aromatic N) is 4. The quantitative estimate of drug-likeness (QED) is 0.843. The molecule has 1 aromatic heterocycles. The molecule has 5 rings (SSSR count). The molecule has 20 heavy (non-hydrogen) atoms. The summed E-state index contributed by atoms with van der Waals surface area (Å²) in [6.45, 7) is 3.30. The third-order valence-corrected chi connectivity index (χ3v) is 4.51. The third kappa shape index (κ3) is 1.87. The first-order valence-corrected chi connectivity index (χ1v) is 7.15. The summed E-state index contributed by atoms with van der Waals surface area (Å²) in [5.74, 6) is 0.610. The van der Waals surface area contributed by atoms with Crippen LogP contribution in [0, 0.1) is 5.92 Å². The number of aromatic nitrogens is 3. The number of hydrogen-bond donors (Lipinski definition) is 1. The fourth-order valence-electron chi connectivity index (χ4n) is 3.37. The van der Waals surface area contributed by atoms with Gasteiger partial charge < -0.3 is 10.2 Å². The van der Waals surface area contributed by atoms with E-state index in [0.717, 1.165) is 17.6 Å². The van der Waals surface area contributed by atoms with Crippen molar-refractivity contribution in [3.05, 3.63) is 24.3 Å². The molecule has 0 saturated carbocycles. The average molecular weight is 271 g/mol. The number of benzene rings is 1. The van der Waals surface area contributed by atoms with Gasteiger partial charge in [0, 0.05) is 12.6 Å². The molecule has 0 unspecified atom stereocenters. The van der Waals surface area contributed by atoms with E-state index >= 15 is 0 Å². The van der Waals surface area contributed by atoms with Crippen molar-refractivity contribution in [2.45, 2.75) is 18.9 Å². The summed E-state index contributed by atoms with van der Waals surface area (Å²) in [7, 11) is 0. The van der Waals surface area contributed by atoms with Gasteiger partial charge in [0.05, 0.1) is 5.52 Å². The van der Waals surface area contributed by atoms with Crippen LogP contribution in [0.25, 0.3) is 11.0 Å². The topological polar surface area (TPSA) is 63.1 Å². The van der Waals surface area contributed by atoms with Crippen molar-refractivity contribution in [2.24, 2.45) is 5.92 Å². The fraction of sp³-hybridized carbons (Fsp3) is 0.500. The molecule has 3 saturated heterocycles. The number of amides is 1. The van der Waals surface area contributed by atoms with Gasteiger partial charge in [-0.15, -0.1) is 5.10 Å². The van der Waals surface area contributed by atoms with Crippen molar-refractivity contribution in [3.8, 4) is 0 Å². The van der Waals surface area contributed by atoms with E-state index in [0.29, 0.717) is 5.92 Å². The maximum atomic E-state index is 12.4. The molecule has 4 heterocycles. The molecule has 1 aromatic carbocycles. The van der Waals surface area contributed by atoms with Crippen LogP contribution in [0.2, 0.25) is 0 Å². The fourth-order valence-corrected chi connectivity index (χ4v) is 3.37. The van der Waals surface area contributed by atoms with Crippen LogP contribution in [0.15, 0.2) is 24.3 Å². The zero-order valence-electron chi connectivity index (χ0n) is 11.2. The Morgan fingerprint density at radius 2 is 2.05 bits per heavy atom. The van der Waals surface area contributed by atoms with Gasteiger partial charge in [-0.3, -0.25) is 0 Å². The molecule has 3 aliphatic heterocycles. The van der Waals surface area contributed by atoms with Crippen LogP contribution in [-0.4, -0.2) is 51.6 Å². The van der Waals surface area contributed by atoms with Crippen molar-refractivity contribution in [3.63, 3.8) is 0 Å². The Kier molecular flexibility index (Phi) is 2.70. The lowest BCUT2D eigenvalue weighted by molar-refractivity contribution is 0.0765. The van der Waals surface area contributed by atoms with Crippen molar-refractivity contribution < 1.29 is 4.79 Å². The first-order valence-electron chi connectivity index (χ1n) is 7.15. The molecule has 6 nitrogen and oxygen atoms in total.